The second-order valence-corrected chi connectivity index (χ2v) is 3.38. The number of nitrogens with zero attached hydrogens (tertiary/aromatic N) is 2. The SMILES string of the molecule is Cc1cc(C#N)cc(C(=O)CCl)c1[N+](=O)[O-]. The van der Waals surface area contributed by atoms with Gasteiger partial charge in [0.05, 0.1) is 28.0 Å². The Balaban J connectivity index is 3.54. The molecule has 6 heteroatoms. The van der Waals surface area contributed by atoms with Crippen molar-refractivity contribution in [3.05, 3.63) is 38.9 Å². The number of carbonyl (C=O) groups is 1. The van der Waals surface area contributed by atoms with Gasteiger partial charge < -0.3 is 0 Å². The molecule has 1 aromatic rings. The molecule has 0 aromatic heterocycles. The molecule has 0 fully saturated rings. The van der Waals surface area contributed by atoms with Gasteiger partial charge in [0.15, 0.2) is 5.78 Å². The number of nitro groups is 1. The van der Waals surface area contributed by atoms with Crippen molar-refractivity contribution in [3.8, 4) is 6.07 Å². The lowest BCUT2D eigenvalue weighted by Gasteiger charge is -2.03. The molecule has 0 radical (unpaired) electrons. The van der Waals surface area contributed by atoms with Crippen LogP contribution in [0.5, 0.6) is 0 Å². The third-order valence-electron chi connectivity index (χ3n) is 2.03. The minimum atomic E-state index is -0.643. The van der Waals surface area contributed by atoms with E-state index < -0.39 is 10.7 Å². The summed E-state index contributed by atoms with van der Waals surface area (Å²) in [6.45, 7) is 1.48. The molecule has 0 aliphatic carbocycles. The first-order valence-electron chi connectivity index (χ1n) is 4.29. The van der Waals surface area contributed by atoms with Crippen molar-refractivity contribution < 1.29 is 9.72 Å². The highest BCUT2D eigenvalue weighted by Gasteiger charge is 2.23. The zero-order valence-electron chi connectivity index (χ0n) is 8.36. The quantitative estimate of drug-likeness (QED) is 0.350. The molecule has 0 atom stereocenters. The zero-order valence-corrected chi connectivity index (χ0v) is 9.11. The zero-order chi connectivity index (χ0) is 12.3. The first-order chi connectivity index (χ1) is 7.51. The molecule has 0 unspecified atom stereocenters. The fourth-order valence-electron chi connectivity index (χ4n) is 1.37. The van der Waals surface area contributed by atoms with Gasteiger partial charge in [-0.1, -0.05) is 0 Å². The molecule has 1 aromatic carbocycles. The van der Waals surface area contributed by atoms with Crippen LogP contribution >= 0.6 is 11.6 Å². The molecule has 0 bridgehead atoms. The van der Waals surface area contributed by atoms with Crippen molar-refractivity contribution >= 4 is 23.1 Å². The lowest BCUT2D eigenvalue weighted by atomic mass is 10.0. The van der Waals surface area contributed by atoms with Crippen molar-refractivity contribution in [2.75, 3.05) is 5.88 Å². The molecule has 0 N–H and O–H groups in total. The Labute approximate surface area is 96.4 Å². The molecule has 0 spiro atoms. The molecule has 0 saturated carbocycles. The highest BCUT2D eigenvalue weighted by atomic mass is 35.5. The molecular weight excluding hydrogens is 232 g/mol. The van der Waals surface area contributed by atoms with Gasteiger partial charge in [-0.15, -0.1) is 11.6 Å². The van der Waals surface area contributed by atoms with Crippen LogP contribution in [0.1, 0.15) is 21.5 Å². The number of aryl methyl sites for hydroxylation is 1. The Hall–Kier alpha value is -1.93. The lowest BCUT2D eigenvalue weighted by molar-refractivity contribution is -0.385. The molecule has 16 heavy (non-hydrogen) atoms. The number of hydrogen-bond donors (Lipinski definition) is 0. The molecule has 0 heterocycles. The van der Waals surface area contributed by atoms with Crippen LogP contribution in [0.15, 0.2) is 12.1 Å². The van der Waals surface area contributed by atoms with E-state index in [-0.39, 0.29) is 28.3 Å². The number of carbonyl (C=O) groups excluding carboxylic acids is 1. The van der Waals surface area contributed by atoms with Crippen LogP contribution in [0.25, 0.3) is 0 Å². The third-order valence-corrected chi connectivity index (χ3v) is 2.28. The van der Waals surface area contributed by atoms with Crippen LogP contribution < -0.4 is 0 Å². The van der Waals surface area contributed by atoms with E-state index in [1.807, 2.05) is 6.07 Å². The first kappa shape index (κ1) is 12.1. The van der Waals surface area contributed by atoms with Crippen LogP contribution in [0.2, 0.25) is 0 Å². The van der Waals surface area contributed by atoms with Gasteiger partial charge in [-0.25, -0.2) is 0 Å². The Bertz CT molecular complexity index is 506. The van der Waals surface area contributed by atoms with Crippen molar-refractivity contribution in [2.45, 2.75) is 6.92 Å². The van der Waals surface area contributed by atoms with E-state index in [2.05, 4.69) is 0 Å². The predicted molar refractivity (Wildman–Crippen MR) is 57.6 cm³/mol. The van der Waals surface area contributed by atoms with Crippen molar-refractivity contribution in [2.24, 2.45) is 0 Å². The van der Waals surface area contributed by atoms with E-state index in [4.69, 9.17) is 16.9 Å². The Kier molecular flexibility index (Phi) is 3.59. The topological polar surface area (TPSA) is 84.0 Å². The van der Waals surface area contributed by atoms with Crippen LogP contribution in [0, 0.1) is 28.4 Å². The maximum absolute atomic E-state index is 11.4. The Morgan fingerprint density at radius 3 is 2.69 bits per heavy atom. The fraction of sp³-hybridized carbons (Fsp3) is 0.200. The number of rotatable bonds is 3. The average Bonchev–Trinajstić information content (AvgIpc) is 2.26. The standard InChI is InChI=1S/C10H7ClN2O3/c1-6-2-7(5-12)3-8(9(14)4-11)10(6)13(15)16/h2-3H,4H2,1H3. The van der Waals surface area contributed by atoms with Crippen molar-refractivity contribution in [1.29, 1.82) is 5.26 Å². The summed E-state index contributed by atoms with van der Waals surface area (Å²) in [7, 11) is 0. The van der Waals surface area contributed by atoms with Gasteiger partial charge in [0.1, 0.15) is 0 Å². The largest absolute Gasteiger partial charge is 0.293 e. The van der Waals surface area contributed by atoms with Gasteiger partial charge >= 0.3 is 0 Å². The minimum absolute atomic E-state index is 0.114. The smallest absolute Gasteiger partial charge is 0.283 e. The monoisotopic (exact) mass is 238 g/mol. The number of ketones is 1. The van der Waals surface area contributed by atoms with Gasteiger partial charge in [0.25, 0.3) is 5.69 Å². The summed E-state index contributed by atoms with van der Waals surface area (Å²) in [4.78, 5) is 21.6. The summed E-state index contributed by atoms with van der Waals surface area (Å²) in [5.74, 6) is -0.914. The van der Waals surface area contributed by atoms with E-state index in [0.717, 1.165) is 0 Å². The summed E-state index contributed by atoms with van der Waals surface area (Å²) in [6.07, 6.45) is 0. The first-order valence-corrected chi connectivity index (χ1v) is 4.83. The van der Waals surface area contributed by atoms with Gasteiger partial charge in [-0.2, -0.15) is 5.26 Å². The third kappa shape index (κ3) is 2.18. The summed E-state index contributed by atoms with van der Waals surface area (Å²) < 4.78 is 0. The summed E-state index contributed by atoms with van der Waals surface area (Å²) in [5.41, 5.74) is 0.0790. The van der Waals surface area contributed by atoms with E-state index in [9.17, 15) is 14.9 Å². The minimum Gasteiger partial charge on any atom is -0.293 e. The van der Waals surface area contributed by atoms with E-state index in [1.165, 1.54) is 19.1 Å². The second-order valence-electron chi connectivity index (χ2n) is 3.12. The highest BCUT2D eigenvalue weighted by molar-refractivity contribution is 6.31. The highest BCUT2D eigenvalue weighted by Crippen LogP contribution is 2.25. The van der Waals surface area contributed by atoms with Crippen molar-refractivity contribution in [3.63, 3.8) is 0 Å². The van der Waals surface area contributed by atoms with Gasteiger partial charge in [0.2, 0.25) is 0 Å². The molecule has 82 valence electrons. The summed E-state index contributed by atoms with van der Waals surface area (Å²) >= 11 is 5.36. The Morgan fingerprint density at radius 2 is 2.25 bits per heavy atom. The molecule has 0 aliphatic rings. The van der Waals surface area contributed by atoms with E-state index in [0.29, 0.717) is 0 Å². The number of nitro benzene ring substituents is 1. The fourth-order valence-corrected chi connectivity index (χ4v) is 1.51. The van der Waals surface area contributed by atoms with E-state index in [1.54, 1.807) is 0 Å². The maximum atomic E-state index is 11.4. The molecule has 0 aliphatic heterocycles. The number of alkyl halides is 1. The maximum Gasteiger partial charge on any atom is 0.283 e. The normalized spacial score (nSPS) is 9.56. The van der Waals surface area contributed by atoms with Gasteiger partial charge in [-0.05, 0) is 19.1 Å². The number of nitriles is 1. The molecule has 0 amide bonds. The molecular formula is C10H7ClN2O3. The summed E-state index contributed by atoms with van der Waals surface area (Å²) in [6, 6.07) is 4.39. The Morgan fingerprint density at radius 1 is 1.62 bits per heavy atom. The van der Waals surface area contributed by atoms with Gasteiger partial charge in [-0.3, -0.25) is 14.9 Å². The average molecular weight is 239 g/mol. The van der Waals surface area contributed by atoms with Crippen molar-refractivity contribution in [1.82, 2.24) is 0 Å². The van der Waals surface area contributed by atoms with Crippen LogP contribution in [-0.4, -0.2) is 16.6 Å². The van der Waals surface area contributed by atoms with E-state index >= 15 is 0 Å². The predicted octanol–water partition coefficient (Wildman–Crippen LogP) is 2.20. The van der Waals surface area contributed by atoms with Crippen LogP contribution in [0.4, 0.5) is 5.69 Å². The van der Waals surface area contributed by atoms with Gasteiger partial charge in [0, 0.05) is 5.56 Å². The number of Topliss-reactive ketones (excluding diaryl/α,β-unsaturated/α-hetero) is 1. The van der Waals surface area contributed by atoms with Crippen LogP contribution in [-0.2, 0) is 0 Å². The lowest BCUT2D eigenvalue weighted by Crippen LogP contribution is -2.07. The second kappa shape index (κ2) is 4.73. The number of benzene rings is 1. The number of hydrogen-bond acceptors (Lipinski definition) is 4. The molecule has 0 saturated heterocycles. The number of halogens is 1. The van der Waals surface area contributed by atoms with Crippen LogP contribution in [0.3, 0.4) is 0 Å². The molecule has 1 rings (SSSR count). The molecule has 5 nitrogen and oxygen atoms in total. The summed E-state index contributed by atoms with van der Waals surface area (Å²) in [5, 5.41) is 19.5.